The summed E-state index contributed by atoms with van der Waals surface area (Å²) in [6, 6.07) is 9.70. The maximum absolute atomic E-state index is 12.1. The number of hydrogen-bond acceptors (Lipinski definition) is 4. The molecule has 0 radical (unpaired) electrons. The van der Waals surface area contributed by atoms with Gasteiger partial charge in [0.1, 0.15) is 0 Å². The van der Waals surface area contributed by atoms with Crippen LogP contribution in [-0.2, 0) is 11.2 Å². The molecule has 3 rings (SSSR count). The molecular weight excluding hydrogens is 298 g/mol. The van der Waals surface area contributed by atoms with Gasteiger partial charge in [-0.15, -0.1) is 0 Å². The van der Waals surface area contributed by atoms with Crippen LogP contribution in [0, 0.1) is 0 Å². The van der Waals surface area contributed by atoms with Crippen LogP contribution in [0.5, 0.6) is 0 Å². The van der Waals surface area contributed by atoms with Crippen molar-refractivity contribution in [3.05, 3.63) is 58.0 Å². The fourth-order valence-electron chi connectivity index (χ4n) is 2.70. The number of carbonyl (C=O) groups is 1. The molecule has 0 spiro atoms. The van der Waals surface area contributed by atoms with Crippen molar-refractivity contribution in [1.29, 1.82) is 0 Å². The number of thioether (sulfide) groups is 1. The first-order chi connectivity index (χ1) is 10.7. The van der Waals surface area contributed by atoms with Gasteiger partial charge in [0.25, 0.3) is 5.56 Å². The molecule has 2 aromatic rings. The number of rotatable bonds is 4. The molecule has 1 heterocycles. The Hall–Kier alpha value is -2.08. The second-order valence-corrected chi connectivity index (χ2v) is 6.20. The molecule has 6 heteroatoms. The minimum Gasteiger partial charge on any atom is -0.349 e. The SMILES string of the molecule is O=C(CSc1nccc(=O)[nH]1)N[C@@H]1CCCc2ccccc21. The van der Waals surface area contributed by atoms with E-state index in [-0.39, 0.29) is 23.3 Å². The van der Waals surface area contributed by atoms with Crippen molar-refractivity contribution in [2.24, 2.45) is 0 Å². The third kappa shape index (κ3) is 3.57. The predicted octanol–water partition coefficient (Wildman–Crippen LogP) is 2.06. The monoisotopic (exact) mass is 315 g/mol. The van der Waals surface area contributed by atoms with Crippen molar-refractivity contribution in [2.75, 3.05) is 5.75 Å². The maximum Gasteiger partial charge on any atom is 0.251 e. The normalized spacial score (nSPS) is 16.8. The van der Waals surface area contributed by atoms with Gasteiger partial charge in [-0.3, -0.25) is 9.59 Å². The van der Waals surface area contributed by atoms with E-state index in [0.717, 1.165) is 19.3 Å². The van der Waals surface area contributed by atoms with Gasteiger partial charge in [0.05, 0.1) is 11.8 Å². The average molecular weight is 315 g/mol. The van der Waals surface area contributed by atoms with Gasteiger partial charge in [0, 0.05) is 12.3 Å². The second-order valence-electron chi connectivity index (χ2n) is 5.24. The van der Waals surface area contributed by atoms with Crippen molar-refractivity contribution in [3.8, 4) is 0 Å². The van der Waals surface area contributed by atoms with Crippen molar-refractivity contribution >= 4 is 17.7 Å². The second kappa shape index (κ2) is 6.79. The lowest BCUT2D eigenvalue weighted by molar-refractivity contribution is -0.119. The Kier molecular flexibility index (Phi) is 4.58. The summed E-state index contributed by atoms with van der Waals surface area (Å²) in [6.45, 7) is 0. The summed E-state index contributed by atoms with van der Waals surface area (Å²) in [5.74, 6) is 0.198. The molecule has 0 aliphatic heterocycles. The minimum atomic E-state index is -0.209. The van der Waals surface area contributed by atoms with E-state index in [9.17, 15) is 9.59 Å². The highest BCUT2D eigenvalue weighted by molar-refractivity contribution is 7.99. The molecule has 0 bridgehead atoms. The topological polar surface area (TPSA) is 74.8 Å². The first kappa shape index (κ1) is 14.8. The molecule has 0 saturated heterocycles. The molecule has 0 unspecified atom stereocenters. The van der Waals surface area contributed by atoms with E-state index in [1.54, 1.807) is 0 Å². The standard InChI is InChI=1S/C16H17N3O2S/c20-14-8-9-17-16(19-14)22-10-15(21)18-13-7-3-5-11-4-1-2-6-12(11)13/h1-2,4,6,8-9,13H,3,5,7,10H2,(H,18,21)(H,17,19,20)/t13-/m1/s1. The van der Waals surface area contributed by atoms with E-state index in [1.807, 2.05) is 12.1 Å². The van der Waals surface area contributed by atoms with E-state index in [2.05, 4.69) is 27.4 Å². The first-order valence-electron chi connectivity index (χ1n) is 7.27. The lowest BCUT2D eigenvalue weighted by atomic mass is 9.88. The summed E-state index contributed by atoms with van der Waals surface area (Å²) >= 11 is 1.23. The van der Waals surface area contributed by atoms with Crippen LogP contribution in [0.2, 0.25) is 0 Å². The van der Waals surface area contributed by atoms with Gasteiger partial charge in [0.15, 0.2) is 5.16 Å². The molecule has 1 aliphatic carbocycles. The van der Waals surface area contributed by atoms with Crippen LogP contribution in [0.4, 0.5) is 0 Å². The van der Waals surface area contributed by atoms with Crippen molar-refractivity contribution in [3.63, 3.8) is 0 Å². The molecule has 1 aromatic carbocycles. The van der Waals surface area contributed by atoms with Gasteiger partial charge >= 0.3 is 0 Å². The predicted molar refractivity (Wildman–Crippen MR) is 85.8 cm³/mol. The molecule has 2 N–H and O–H groups in total. The largest absolute Gasteiger partial charge is 0.349 e. The van der Waals surface area contributed by atoms with Crippen LogP contribution in [0.3, 0.4) is 0 Å². The summed E-state index contributed by atoms with van der Waals surface area (Å²) in [5, 5.41) is 3.54. The number of hydrogen-bond donors (Lipinski definition) is 2. The highest BCUT2D eigenvalue weighted by Gasteiger charge is 2.21. The van der Waals surface area contributed by atoms with E-state index < -0.39 is 0 Å². The fourth-order valence-corrected chi connectivity index (χ4v) is 3.36. The molecule has 5 nitrogen and oxygen atoms in total. The minimum absolute atomic E-state index is 0.0433. The number of aryl methyl sites for hydroxylation is 1. The Bertz CT molecular complexity index is 729. The van der Waals surface area contributed by atoms with Crippen LogP contribution < -0.4 is 10.9 Å². The zero-order chi connectivity index (χ0) is 15.4. The third-order valence-electron chi connectivity index (χ3n) is 3.69. The Morgan fingerprint density at radius 3 is 3.09 bits per heavy atom. The van der Waals surface area contributed by atoms with Crippen LogP contribution >= 0.6 is 11.8 Å². The molecular formula is C16H17N3O2S. The van der Waals surface area contributed by atoms with E-state index in [1.165, 1.54) is 35.2 Å². The van der Waals surface area contributed by atoms with Crippen LogP contribution in [0.25, 0.3) is 0 Å². The van der Waals surface area contributed by atoms with Crippen molar-refractivity contribution < 1.29 is 4.79 Å². The smallest absolute Gasteiger partial charge is 0.251 e. The lowest BCUT2D eigenvalue weighted by Gasteiger charge is -2.26. The van der Waals surface area contributed by atoms with Crippen LogP contribution in [0.1, 0.15) is 30.0 Å². The molecule has 22 heavy (non-hydrogen) atoms. The molecule has 1 aromatic heterocycles. The van der Waals surface area contributed by atoms with E-state index in [4.69, 9.17) is 0 Å². The molecule has 1 amide bonds. The summed E-state index contributed by atoms with van der Waals surface area (Å²) in [5.41, 5.74) is 2.33. The van der Waals surface area contributed by atoms with Gasteiger partial charge in [0.2, 0.25) is 5.91 Å². The van der Waals surface area contributed by atoms with Crippen LogP contribution in [0.15, 0.2) is 46.5 Å². The van der Waals surface area contributed by atoms with Gasteiger partial charge in [-0.1, -0.05) is 36.0 Å². The first-order valence-corrected chi connectivity index (χ1v) is 8.26. The number of carbonyl (C=O) groups excluding carboxylic acids is 1. The summed E-state index contributed by atoms with van der Waals surface area (Å²) < 4.78 is 0. The fraction of sp³-hybridized carbons (Fsp3) is 0.312. The molecule has 1 aliphatic rings. The molecule has 114 valence electrons. The number of aromatic nitrogens is 2. The summed E-state index contributed by atoms with van der Waals surface area (Å²) in [6.07, 6.45) is 4.57. The average Bonchev–Trinajstić information content (AvgIpc) is 2.53. The summed E-state index contributed by atoms with van der Waals surface area (Å²) in [4.78, 5) is 29.9. The number of nitrogens with zero attached hydrogens (tertiary/aromatic N) is 1. The Labute approximate surface area is 132 Å². The number of fused-ring (bicyclic) bond motifs is 1. The molecule has 1 atom stereocenters. The third-order valence-corrected chi connectivity index (χ3v) is 4.58. The van der Waals surface area contributed by atoms with Crippen LogP contribution in [-0.4, -0.2) is 21.6 Å². The maximum atomic E-state index is 12.1. The highest BCUT2D eigenvalue weighted by atomic mass is 32.2. The van der Waals surface area contributed by atoms with E-state index in [0.29, 0.717) is 5.16 Å². The van der Waals surface area contributed by atoms with Crippen molar-refractivity contribution in [1.82, 2.24) is 15.3 Å². The zero-order valence-electron chi connectivity index (χ0n) is 12.0. The molecule has 0 saturated carbocycles. The highest BCUT2D eigenvalue weighted by Crippen LogP contribution is 2.29. The number of H-pyrrole nitrogens is 1. The Morgan fingerprint density at radius 2 is 2.23 bits per heavy atom. The number of nitrogens with one attached hydrogen (secondary N) is 2. The van der Waals surface area contributed by atoms with Gasteiger partial charge in [-0.05, 0) is 30.4 Å². The number of aromatic amines is 1. The molecule has 0 fully saturated rings. The summed E-state index contributed by atoms with van der Waals surface area (Å²) in [7, 11) is 0. The number of amides is 1. The van der Waals surface area contributed by atoms with Gasteiger partial charge in [-0.2, -0.15) is 0 Å². The van der Waals surface area contributed by atoms with Crippen molar-refractivity contribution in [2.45, 2.75) is 30.5 Å². The number of benzene rings is 1. The van der Waals surface area contributed by atoms with E-state index >= 15 is 0 Å². The Balaban J connectivity index is 1.60. The lowest BCUT2D eigenvalue weighted by Crippen LogP contribution is -2.32. The zero-order valence-corrected chi connectivity index (χ0v) is 12.9. The van der Waals surface area contributed by atoms with Gasteiger partial charge in [-0.25, -0.2) is 4.98 Å². The van der Waals surface area contributed by atoms with Gasteiger partial charge < -0.3 is 10.3 Å². The quantitative estimate of drug-likeness (QED) is 0.669. The Morgan fingerprint density at radius 1 is 1.36 bits per heavy atom.